The predicted octanol–water partition coefficient (Wildman–Crippen LogP) is 2.92. The highest BCUT2D eigenvalue weighted by Gasteiger charge is 2.13. The lowest BCUT2D eigenvalue weighted by Gasteiger charge is -2.10. The molecule has 1 aromatic heterocycles. The van der Waals surface area contributed by atoms with Gasteiger partial charge in [0.25, 0.3) is 11.2 Å². The minimum absolute atomic E-state index is 0.0130. The van der Waals surface area contributed by atoms with E-state index in [0.29, 0.717) is 17.8 Å². The summed E-state index contributed by atoms with van der Waals surface area (Å²) in [5, 5.41) is 13.7. The lowest BCUT2D eigenvalue weighted by molar-refractivity contribution is -0.383. The van der Waals surface area contributed by atoms with E-state index in [-0.39, 0.29) is 11.2 Å². The molecule has 0 bridgehead atoms. The van der Waals surface area contributed by atoms with Gasteiger partial charge in [0.05, 0.1) is 11.5 Å². The van der Waals surface area contributed by atoms with Gasteiger partial charge in [-0.05, 0) is 40.5 Å². The highest BCUT2D eigenvalue weighted by molar-refractivity contribution is 9.10. The zero-order chi connectivity index (χ0) is 15.6. The Morgan fingerprint density at radius 2 is 2.10 bits per heavy atom. The molecular formula is C14H14BrN3O3. The quantitative estimate of drug-likeness (QED) is 0.678. The van der Waals surface area contributed by atoms with E-state index in [0.717, 1.165) is 10.0 Å². The number of rotatable bonds is 4. The zero-order valence-corrected chi connectivity index (χ0v) is 13.2. The fourth-order valence-corrected chi connectivity index (χ4v) is 2.69. The van der Waals surface area contributed by atoms with E-state index in [4.69, 9.17) is 0 Å². The molecule has 0 atom stereocenters. The van der Waals surface area contributed by atoms with E-state index in [9.17, 15) is 14.9 Å². The van der Waals surface area contributed by atoms with Crippen LogP contribution < -0.4 is 10.9 Å². The van der Waals surface area contributed by atoms with E-state index in [1.165, 1.54) is 6.07 Å². The zero-order valence-electron chi connectivity index (χ0n) is 11.6. The first-order valence-corrected chi connectivity index (χ1v) is 7.03. The topological polar surface area (TPSA) is 77.2 Å². The van der Waals surface area contributed by atoms with Crippen LogP contribution in [0.3, 0.4) is 0 Å². The fraction of sp³-hybridized carbons (Fsp3) is 0.214. The summed E-state index contributed by atoms with van der Waals surface area (Å²) in [5.74, 6) is 0. The summed E-state index contributed by atoms with van der Waals surface area (Å²) in [4.78, 5) is 22.5. The van der Waals surface area contributed by atoms with Crippen molar-refractivity contribution in [2.45, 2.75) is 13.5 Å². The average Bonchev–Trinajstić information content (AvgIpc) is 2.43. The molecule has 0 fully saturated rings. The Morgan fingerprint density at radius 1 is 1.38 bits per heavy atom. The van der Waals surface area contributed by atoms with Gasteiger partial charge in [-0.3, -0.25) is 14.9 Å². The second-order valence-corrected chi connectivity index (χ2v) is 5.55. The largest absolute Gasteiger partial charge is 0.383 e. The van der Waals surface area contributed by atoms with Crippen LogP contribution in [0.5, 0.6) is 0 Å². The van der Waals surface area contributed by atoms with Gasteiger partial charge in [0, 0.05) is 29.3 Å². The third kappa shape index (κ3) is 3.30. The van der Waals surface area contributed by atoms with Crippen LogP contribution in [0.4, 0.5) is 11.4 Å². The van der Waals surface area contributed by atoms with Crippen molar-refractivity contribution in [3.63, 3.8) is 0 Å². The van der Waals surface area contributed by atoms with Crippen LogP contribution in [0.2, 0.25) is 0 Å². The van der Waals surface area contributed by atoms with Crippen molar-refractivity contribution in [2.24, 2.45) is 0 Å². The van der Waals surface area contributed by atoms with Crippen LogP contribution in [0.1, 0.15) is 11.1 Å². The summed E-state index contributed by atoms with van der Waals surface area (Å²) in [7, 11) is 1.63. The summed E-state index contributed by atoms with van der Waals surface area (Å²) in [6.07, 6.45) is 1.70. The van der Waals surface area contributed by atoms with E-state index in [1.54, 1.807) is 42.9 Å². The molecule has 0 saturated carbocycles. The molecule has 1 heterocycles. The van der Waals surface area contributed by atoms with E-state index < -0.39 is 4.92 Å². The number of nitrogens with one attached hydrogen (secondary N) is 1. The predicted molar refractivity (Wildman–Crippen MR) is 84.9 cm³/mol. The van der Waals surface area contributed by atoms with Crippen molar-refractivity contribution in [3.8, 4) is 0 Å². The Labute approximate surface area is 129 Å². The van der Waals surface area contributed by atoms with E-state index >= 15 is 0 Å². The minimum atomic E-state index is -0.439. The van der Waals surface area contributed by atoms with Gasteiger partial charge >= 0.3 is 0 Å². The van der Waals surface area contributed by atoms with Crippen molar-refractivity contribution in [2.75, 3.05) is 12.4 Å². The Bertz CT molecular complexity index is 756. The number of hydrogen-bond acceptors (Lipinski definition) is 4. The maximum Gasteiger partial charge on any atom is 0.292 e. The molecule has 0 aliphatic rings. The Kier molecular flexibility index (Phi) is 4.42. The van der Waals surface area contributed by atoms with Crippen molar-refractivity contribution in [1.82, 2.24) is 4.57 Å². The first-order valence-electron chi connectivity index (χ1n) is 6.24. The Morgan fingerprint density at radius 3 is 2.71 bits per heavy atom. The fourth-order valence-electron chi connectivity index (χ4n) is 2.09. The molecule has 7 heteroatoms. The third-order valence-corrected chi connectivity index (χ3v) is 3.55. The van der Waals surface area contributed by atoms with Crippen LogP contribution in [0, 0.1) is 17.0 Å². The normalized spacial score (nSPS) is 10.4. The van der Waals surface area contributed by atoms with Gasteiger partial charge in [0.15, 0.2) is 0 Å². The van der Waals surface area contributed by atoms with Gasteiger partial charge in [-0.15, -0.1) is 0 Å². The maximum absolute atomic E-state index is 12.1. The number of nitrogens with zero attached hydrogens (tertiary/aromatic N) is 2. The number of anilines is 1. The number of aromatic nitrogens is 1. The summed E-state index contributed by atoms with van der Waals surface area (Å²) < 4.78 is 2.38. The molecule has 2 rings (SSSR count). The van der Waals surface area contributed by atoms with Crippen molar-refractivity contribution < 1.29 is 4.92 Å². The molecular weight excluding hydrogens is 338 g/mol. The first-order chi connectivity index (χ1) is 9.92. The molecule has 1 aromatic carbocycles. The molecule has 110 valence electrons. The van der Waals surface area contributed by atoms with E-state index in [1.807, 2.05) is 0 Å². The molecule has 0 saturated heterocycles. The summed E-state index contributed by atoms with van der Waals surface area (Å²) in [5.41, 5.74) is 1.81. The third-order valence-electron chi connectivity index (χ3n) is 3.11. The number of halogens is 1. The minimum Gasteiger partial charge on any atom is -0.383 e. The number of nitro benzene ring substituents is 1. The van der Waals surface area contributed by atoms with Crippen LogP contribution >= 0.6 is 15.9 Å². The Balaban J connectivity index is 2.41. The maximum atomic E-state index is 12.1. The molecule has 0 aliphatic carbocycles. The van der Waals surface area contributed by atoms with Crippen molar-refractivity contribution >= 4 is 27.3 Å². The molecule has 21 heavy (non-hydrogen) atoms. The summed E-state index contributed by atoms with van der Waals surface area (Å²) in [6.45, 7) is 2.10. The number of hydrogen-bond donors (Lipinski definition) is 1. The number of aryl methyl sites for hydroxylation is 1. The first kappa shape index (κ1) is 15.2. The van der Waals surface area contributed by atoms with Gasteiger partial charge in [0.2, 0.25) is 0 Å². The van der Waals surface area contributed by atoms with Crippen molar-refractivity contribution in [3.05, 3.63) is 66.5 Å². The average molecular weight is 352 g/mol. The number of nitro groups is 1. The highest BCUT2D eigenvalue weighted by atomic mass is 79.9. The molecule has 0 radical (unpaired) electrons. The summed E-state index contributed by atoms with van der Waals surface area (Å²) in [6, 6.07) is 6.53. The van der Waals surface area contributed by atoms with Gasteiger partial charge in [0.1, 0.15) is 5.69 Å². The van der Waals surface area contributed by atoms with Crippen molar-refractivity contribution in [1.29, 1.82) is 0 Å². The van der Waals surface area contributed by atoms with Crippen LogP contribution in [-0.4, -0.2) is 16.5 Å². The molecule has 0 spiro atoms. The smallest absolute Gasteiger partial charge is 0.292 e. The van der Waals surface area contributed by atoms with Crippen LogP contribution in [0.25, 0.3) is 0 Å². The molecule has 1 N–H and O–H groups in total. The number of benzene rings is 1. The van der Waals surface area contributed by atoms with Gasteiger partial charge in [-0.2, -0.15) is 0 Å². The lowest BCUT2D eigenvalue weighted by atomic mass is 10.1. The molecule has 0 amide bonds. The Hall–Kier alpha value is -2.15. The standard InChI is InChI=1S/C14H14BrN3O3/c1-9-5-11(15)8-17(14(9)19)7-10-3-4-13(18(20)21)12(6-10)16-2/h3-6,8,16H,7H2,1-2H3. The molecule has 0 aliphatic heterocycles. The monoisotopic (exact) mass is 351 g/mol. The van der Waals surface area contributed by atoms with E-state index in [2.05, 4.69) is 21.2 Å². The van der Waals surface area contributed by atoms with Gasteiger partial charge in [-0.25, -0.2) is 0 Å². The van der Waals surface area contributed by atoms with Gasteiger partial charge in [-0.1, -0.05) is 6.07 Å². The number of pyridine rings is 1. The summed E-state index contributed by atoms with van der Waals surface area (Å²) >= 11 is 3.36. The lowest BCUT2D eigenvalue weighted by Crippen LogP contribution is -2.22. The van der Waals surface area contributed by atoms with Crippen LogP contribution in [-0.2, 0) is 6.54 Å². The SMILES string of the molecule is CNc1cc(Cn2cc(Br)cc(C)c2=O)ccc1[N+](=O)[O-]. The highest BCUT2D eigenvalue weighted by Crippen LogP contribution is 2.25. The molecule has 2 aromatic rings. The molecule has 6 nitrogen and oxygen atoms in total. The van der Waals surface area contributed by atoms with Gasteiger partial charge < -0.3 is 9.88 Å². The van der Waals surface area contributed by atoms with Crippen LogP contribution in [0.15, 0.2) is 39.7 Å². The second-order valence-electron chi connectivity index (χ2n) is 4.63. The molecule has 0 unspecified atom stereocenters. The second kappa shape index (κ2) is 6.09.